The molecule has 0 bridgehead atoms. The lowest BCUT2D eigenvalue weighted by molar-refractivity contribution is 0.327. The molecule has 6 nitrogen and oxygen atoms in total. The molecule has 0 saturated carbocycles. The monoisotopic (exact) mass is 464 g/mol. The van der Waals surface area contributed by atoms with Crippen LogP contribution in [0.25, 0.3) is 22.7 Å². The molecule has 8 heteroatoms. The van der Waals surface area contributed by atoms with Gasteiger partial charge in [0.2, 0.25) is 0 Å². The standard InChI is InChI=1S/C26H26F2N4O2/c1-4-10-26(18-7-9-20(27)21(28)14-18)11-5-12-32-24(30-31-25(26)32)17-6-8-19(22(13-17)33-3)23-15-29-16(2)34-23/h6-9,13-15H,4-5,10-12H2,1-3H3. The minimum atomic E-state index is -0.845. The Hall–Kier alpha value is -3.55. The molecule has 1 aliphatic rings. The summed E-state index contributed by atoms with van der Waals surface area (Å²) in [6, 6.07) is 9.99. The van der Waals surface area contributed by atoms with E-state index < -0.39 is 17.0 Å². The molecule has 2 aromatic carbocycles. The van der Waals surface area contributed by atoms with Gasteiger partial charge in [-0.3, -0.25) is 0 Å². The molecule has 3 heterocycles. The van der Waals surface area contributed by atoms with Gasteiger partial charge < -0.3 is 13.7 Å². The maximum Gasteiger partial charge on any atom is 0.191 e. The third kappa shape index (κ3) is 3.57. The molecule has 1 atom stereocenters. The summed E-state index contributed by atoms with van der Waals surface area (Å²) in [5, 5.41) is 9.15. The minimum Gasteiger partial charge on any atom is -0.496 e. The molecule has 176 valence electrons. The van der Waals surface area contributed by atoms with Crippen molar-refractivity contribution < 1.29 is 17.9 Å². The normalized spacial score (nSPS) is 17.6. The second kappa shape index (κ2) is 8.66. The fraction of sp³-hybridized carbons (Fsp3) is 0.346. The van der Waals surface area contributed by atoms with Gasteiger partial charge in [0.25, 0.3) is 0 Å². The average Bonchev–Trinajstić information content (AvgIpc) is 3.47. The number of methoxy groups -OCH3 is 1. The molecular weight excluding hydrogens is 438 g/mol. The van der Waals surface area contributed by atoms with Crippen LogP contribution in [0.15, 0.2) is 47.0 Å². The Kier molecular flexibility index (Phi) is 5.67. The van der Waals surface area contributed by atoms with Crippen molar-refractivity contribution in [2.45, 2.75) is 51.5 Å². The summed E-state index contributed by atoms with van der Waals surface area (Å²) < 4.78 is 41.3. The molecular formula is C26H26F2N4O2. The summed E-state index contributed by atoms with van der Waals surface area (Å²) in [7, 11) is 1.61. The van der Waals surface area contributed by atoms with E-state index in [1.807, 2.05) is 18.2 Å². The number of halogens is 2. The number of hydrogen-bond acceptors (Lipinski definition) is 5. The number of fused-ring (bicyclic) bond motifs is 1. The van der Waals surface area contributed by atoms with Gasteiger partial charge in [-0.05, 0) is 49.1 Å². The molecule has 0 radical (unpaired) electrons. The summed E-state index contributed by atoms with van der Waals surface area (Å²) in [5.74, 6) is 1.67. The van der Waals surface area contributed by atoms with E-state index in [9.17, 15) is 8.78 Å². The third-order valence-corrected chi connectivity index (χ3v) is 6.66. The largest absolute Gasteiger partial charge is 0.496 e. The van der Waals surface area contributed by atoms with Crippen LogP contribution in [0, 0.1) is 18.6 Å². The summed E-state index contributed by atoms with van der Waals surface area (Å²) in [4.78, 5) is 4.17. The second-order valence-corrected chi connectivity index (χ2v) is 8.72. The van der Waals surface area contributed by atoms with Gasteiger partial charge in [0.05, 0.1) is 24.3 Å². The average molecular weight is 465 g/mol. The van der Waals surface area contributed by atoms with E-state index in [2.05, 4.69) is 26.7 Å². The number of ether oxygens (including phenoxy) is 1. The molecule has 2 aromatic heterocycles. The van der Waals surface area contributed by atoms with Crippen LogP contribution in [0.2, 0.25) is 0 Å². The van der Waals surface area contributed by atoms with E-state index in [4.69, 9.17) is 9.15 Å². The first-order chi connectivity index (χ1) is 16.5. The lowest BCUT2D eigenvalue weighted by atomic mass is 9.71. The van der Waals surface area contributed by atoms with Crippen molar-refractivity contribution in [2.75, 3.05) is 7.11 Å². The zero-order valence-electron chi connectivity index (χ0n) is 19.4. The van der Waals surface area contributed by atoms with Crippen molar-refractivity contribution in [2.24, 2.45) is 0 Å². The highest BCUT2D eigenvalue weighted by Gasteiger charge is 2.41. The highest BCUT2D eigenvalue weighted by Crippen LogP contribution is 2.45. The van der Waals surface area contributed by atoms with Crippen LogP contribution in [0.1, 0.15) is 49.9 Å². The van der Waals surface area contributed by atoms with Crippen molar-refractivity contribution in [3.8, 4) is 28.5 Å². The molecule has 0 N–H and O–H groups in total. The van der Waals surface area contributed by atoms with Crippen molar-refractivity contribution >= 4 is 0 Å². The third-order valence-electron chi connectivity index (χ3n) is 6.66. The predicted molar refractivity (Wildman–Crippen MR) is 124 cm³/mol. The Balaban J connectivity index is 1.61. The van der Waals surface area contributed by atoms with Gasteiger partial charge in [-0.2, -0.15) is 0 Å². The summed E-state index contributed by atoms with van der Waals surface area (Å²) >= 11 is 0. The van der Waals surface area contributed by atoms with Crippen LogP contribution in [0.4, 0.5) is 8.78 Å². The first kappa shape index (κ1) is 22.3. The van der Waals surface area contributed by atoms with Crippen LogP contribution in [0.5, 0.6) is 5.75 Å². The van der Waals surface area contributed by atoms with Crippen LogP contribution in [-0.4, -0.2) is 26.9 Å². The highest BCUT2D eigenvalue weighted by atomic mass is 19.2. The van der Waals surface area contributed by atoms with Crippen LogP contribution in [0.3, 0.4) is 0 Å². The van der Waals surface area contributed by atoms with Gasteiger partial charge in [-0.1, -0.05) is 25.5 Å². The molecule has 4 aromatic rings. The van der Waals surface area contributed by atoms with Gasteiger partial charge in [-0.25, -0.2) is 13.8 Å². The topological polar surface area (TPSA) is 66.0 Å². The lowest BCUT2D eigenvalue weighted by Crippen LogP contribution is -2.36. The molecule has 34 heavy (non-hydrogen) atoms. The van der Waals surface area contributed by atoms with Crippen molar-refractivity contribution in [1.29, 1.82) is 0 Å². The first-order valence-corrected chi connectivity index (χ1v) is 11.5. The molecule has 1 aliphatic heterocycles. The van der Waals surface area contributed by atoms with Crippen LogP contribution in [-0.2, 0) is 12.0 Å². The Morgan fingerprint density at radius 1 is 1.12 bits per heavy atom. The number of benzene rings is 2. The highest BCUT2D eigenvalue weighted by molar-refractivity contribution is 5.71. The summed E-state index contributed by atoms with van der Waals surface area (Å²) in [5.41, 5.74) is 1.87. The number of nitrogens with zero attached hydrogens (tertiary/aromatic N) is 4. The van der Waals surface area contributed by atoms with Gasteiger partial charge in [0.15, 0.2) is 29.1 Å². The van der Waals surface area contributed by atoms with Gasteiger partial charge in [0, 0.05) is 19.0 Å². The Labute approximate surface area is 196 Å². The van der Waals surface area contributed by atoms with Crippen molar-refractivity contribution in [3.05, 3.63) is 71.5 Å². The zero-order valence-corrected chi connectivity index (χ0v) is 19.4. The predicted octanol–water partition coefficient (Wildman–Crippen LogP) is 6.08. The lowest BCUT2D eigenvalue weighted by Gasteiger charge is -2.37. The van der Waals surface area contributed by atoms with E-state index >= 15 is 0 Å². The van der Waals surface area contributed by atoms with Gasteiger partial charge in [-0.15, -0.1) is 10.2 Å². The molecule has 0 aliphatic carbocycles. The van der Waals surface area contributed by atoms with Gasteiger partial charge >= 0.3 is 0 Å². The molecule has 0 saturated heterocycles. The minimum absolute atomic E-state index is 0.520. The summed E-state index contributed by atoms with van der Waals surface area (Å²) in [6.07, 6.45) is 5.00. The Morgan fingerprint density at radius 2 is 1.97 bits per heavy atom. The quantitative estimate of drug-likeness (QED) is 0.346. The molecule has 5 rings (SSSR count). The summed E-state index contributed by atoms with van der Waals surface area (Å²) in [6.45, 7) is 4.63. The smallest absolute Gasteiger partial charge is 0.191 e. The number of hydrogen-bond donors (Lipinski definition) is 0. The molecule has 0 fully saturated rings. The second-order valence-electron chi connectivity index (χ2n) is 8.72. The van der Waals surface area contributed by atoms with E-state index in [0.717, 1.165) is 60.6 Å². The Morgan fingerprint density at radius 3 is 2.68 bits per heavy atom. The molecule has 0 amide bonds. The maximum atomic E-state index is 14.2. The van der Waals surface area contributed by atoms with Crippen LogP contribution < -0.4 is 4.74 Å². The zero-order chi connectivity index (χ0) is 23.9. The fourth-order valence-electron chi connectivity index (χ4n) is 5.13. The van der Waals surface area contributed by atoms with E-state index in [1.165, 1.54) is 12.1 Å². The first-order valence-electron chi connectivity index (χ1n) is 11.5. The molecule has 0 spiro atoms. The van der Waals surface area contributed by atoms with E-state index in [0.29, 0.717) is 17.4 Å². The van der Waals surface area contributed by atoms with E-state index in [-0.39, 0.29) is 0 Å². The SMILES string of the molecule is CCCC1(c2ccc(F)c(F)c2)CCCn2c(-c3ccc(-c4cnc(C)o4)c(OC)c3)nnc21. The fourth-order valence-corrected chi connectivity index (χ4v) is 5.13. The van der Waals surface area contributed by atoms with Crippen molar-refractivity contribution in [1.82, 2.24) is 19.7 Å². The van der Waals surface area contributed by atoms with Crippen molar-refractivity contribution in [3.63, 3.8) is 0 Å². The van der Waals surface area contributed by atoms with E-state index in [1.54, 1.807) is 26.3 Å². The van der Waals surface area contributed by atoms with Crippen LogP contribution >= 0.6 is 0 Å². The molecule has 1 unspecified atom stereocenters. The maximum absolute atomic E-state index is 14.2. The number of aromatic nitrogens is 4. The van der Waals surface area contributed by atoms with Gasteiger partial charge in [0.1, 0.15) is 11.6 Å². The number of rotatable bonds is 6. The number of aryl methyl sites for hydroxylation is 1. The Bertz CT molecular complexity index is 1350. The number of oxazole rings is 1.